The molecule has 0 saturated heterocycles. The molecule has 2 unspecified atom stereocenters. The van der Waals surface area contributed by atoms with Crippen molar-refractivity contribution in [3.05, 3.63) is 29.8 Å². The number of ether oxygens (including phenoxy) is 1. The predicted octanol–water partition coefficient (Wildman–Crippen LogP) is 2.44. The van der Waals surface area contributed by atoms with E-state index in [1.807, 2.05) is 20.8 Å². The number of carbonyl (C=O) groups excluding carboxylic acids is 1. The third-order valence-electron chi connectivity index (χ3n) is 4.36. The summed E-state index contributed by atoms with van der Waals surface area (Å²) in [5.74, 6) is -1.97. The van der Waals surface area contributed by atoms with E-state index in [0.29, 0.717) is 13.0 Å². The van der Waals surface area contributed by atoms with E-state index in [1.165, 1.54) is 0 Å². The number of amides is 1. The maximum absolute atomic E-state index is 13.1. The molecule has 1 amide bonds. The minimum atomic E-state index is -1.13. The van der Waals surface area contributed by atoms with Gasteiger partial charge in [0.25, 0.3) is 0 Å². The van der Waals surface area contributed by atoms with Gasteiger partial charge in [-0.25, -0.2) is 8.78 Å². The van der Waals surface area contributed by atoms with Crippen molar-refractivity contribution >= 4 is 11.6 Å². The second kappa shape index (κ2) is 5.35. The zero-order valence-electron chi connectivity index (χ0n) is 12.4. The van der Waals surface area contributed by atoms with Crippen molar-refractivity contribution in [2.24, 2.45) is 11.1 Å². The summed E-state index contributed by atoms with van der Waals surface area (Å²) in [4.78, 5) is 12.4. The van der Waals surface area contributed by atoms with Crippen LogP contribution in [0.4, 0.5) is 14.5 Å². The van der Waals surface area contributed by atoms with Crippen LogP contribution in [0.15, 0.2) is 18.2 Å². The fourth-order valence-electron chi connectivity index (χ4n) is 2.69. The van der Waals surface area contributed by atoms with E-state index in [0.717, 1.165) is 18.2 Å². The Morgan fingerprint density at radius 2 is 1.95 bits per heavy atom. The molecular formula is C15H20F2N2O2. The zero-order chi connectivity index (χ0) is 15.8. The SMILES string of the molecule is CCOC1CC(N)(C(=O)Nc2cc(F)cc(F)c2)C1(C)C. The van der Waals surface area contributed by atoms with Crippen LogP contribution < -0.4 is 11.1 Å². The molecule has 21 heavy (non-hydrogen) atoms. The molecule has 116 valence electrons. The van der Waals surface area contributed by atoms with Crippen molar-refractivity contribution in [2.45, 2.75) is 38.8 Å². The van der Waals surface area contributed by atoms with Gasteiger partial charge in [-0.1, -0.05) is 13.8 Å². The summed E-state index contributed by atoms with van der Waals surface area (Å²) in [6.07, 6.45) is 0.264. The number of hydrogen-bond acceptors (Lipinski definition) is 3. The minimum absolute atomic E-state index is 0.0537. The quantitative estimate of drug-likeness (QED) is 0.897. The van der Waals surface area contributed by atoms with Crippen molar-refractivity contribution in [1.82, 2.24) is 0 Å². The molecule has 1 aliphatic rings. The Morgan fingerprint density at radius 3 is 2.43 bits per heavy atom. The normalized spacial score (nSPS) is 27.0. The Morgan fingerprint density at radius 1 is 1.38 bits per heavy atom. The monoisotopic (exact) mass is 298 g/mol. The Balaban J connectivity index is 2.14. The van der Waals surface area contributed by atoms with Gasteiger partial charge in [-0.05, 0) is 19.1 Å². The van der Waals surface area contributed by atoms with Crippen LogP contribution in [0.2, 0.25) is 0 Å². The van der Waals surface area contributed by atoms with Gasteiger partial charge < -0.3 is 15.8 Å². The number of nitrogens with one attached hydrogen (secondary N) is 1. The molecule has 0 spiro atoms. The van der Waals surface area contributed by atoms with Crippen LogP contribution in [0.1, 0.15) is 27.2 Å². The van der Waals surface area contributed by atoms with Crippen molar-refractivity contribution in [1.29, 1.82) is 0 Å². The Bertz CT molecular complexity index is 542. The molecule has 0 radical (unpaired) electrons. The zero-order valence-corrected chi connectivity index (χ0v) is 12.4. The molecule has 1 fully saturated rings. The molecule has 1 aromatic rings. The Hall–Kier alpha value is -1.53. The van der Waals surface area contributed by atoms with Crippen LogP contribution in [-0.4, -0.2) is 24.2 Å². The predicted molar refractivity (Wildman–Crippen MR) is 75.7 cm³/mol. The molecule has 2 atom stereocenters. The molecule has 0 bridgehead atoms. The average Bonchev–Trinajstić information content (AvgIpc) is 2.36. The maximum Gasteiger partial charge on any atom is 0.245 e. The molecule has 0 aromatic heterocycles. The van der Waals surface area contributed by atoms with Crippen LogP contribution in [0.3, 0.4) is 0 Å². The number of hydrogen-bond donors (Lipinski definition) is 2. The van der Waals surface area contributed by atoms with Crippen LogP contribution in [0.25, 0.3) is 0 Å². The van der Waals surface area contributed by atoms with Crippen LogP contribution in [-0.2, 0) is 9.53 Å². The van der Waals surface area contributed by atoms with Crippen LogP contribution in [0.5, 0.6) is 0 Å². The van der Waals surface area contributed by atoms with Gasteiger partial charge in [0.15, 0.2) is 0 Å². The first-order valence-electron chi connectivity index (χ1n) is 6.88. The van der Waals surface area contributed by atoms with E-state index < -0.39 is 28.5 Å². The van der Waals surface area contributed by atoms with Gasteiger partial charge in [0.1, 0.15) is 17.2 Å². The number of carbonyl (C=O) groups is 1. The number of halogens is 2. The van der Waals surface area contributed by atoms with Gasteiger partial charge in [0.05, 0.1) is 6.10 Å². The lowest BCUT2D eigenvalue weighted by molar-refractivity contribution is -0.166. The maximum atomic E-state index is 13.1. The molecule has 2 rings (SSSR count). The second-order valence-corrected chi connectivity index (χ2v) is 5.95. The van der Waals surface area contributed by atoms with E-state index in [-0.39, 0.29) is 11.8 Å². The molecule has 1 aliphatic carbocycles. The van der Waals surface area contributed by atoms with Gasteiger partial charge in [-0.3, -0.25) is 4.79 Å². The van der Waals surface area contributed by atoms with E-state index in [2.05, 4.69) is 5.32 Å². The fourth-order valence-corrected chi connectivity index (χ4v) is 2.69. The van der Waals surface area contributed by atoms with Crippen molar-refractivity contribution < 1.29 is 18.3 Å². The molecular weight excluding hydrogens is 278 g/mol. The third kappa shape index (κ3) is 2.65. The highest BCUT2D eigenvalue weighted by atomic mass is 19.1. The molecule has 0 heterocycles. The van der Waals surface area contributed by atoms with Crippen LogP contribution in [0, 0.1) is 17.0 Å². The number of nitrogens with two attached hydrogens (primary N) is 1. The molecule has 0 aliphatic heterocycles. The number of rotatable bonds is 4. The molecule has 4 nitrogen and oxygen atoms in total. The van der Waals surface area contributed by atoms with Gasteiger partial charge in [0, 0.05) is 30.2 Å². The molecule has 3 N–H and O–H groups in total. The van der Waals surface area contributed by atoms with E-state index in [4.69, 9.17) is 10.5 Å². The first-order valence-corrected chi connectivity index (χ1v) is 6.88. The lowest BCUT2D eigenvalue weighted by Crippen LogP contribution is -2.74. The van der Waals surface area contributed by atoms with Gasteiger partial charge in [0.2, 0.25) is 5.91 Å². The summed E-state index contributed by atoms with van der Waals surface area (Å²) in [6.45, 7) is 6.12. The number of benzene rings is 1. The fraction of sp³-hybridized carbons (Fsp3) is 0.533. The smallest absolute Gasteiger partial charge is 0.245 e. The Labute approximate surface area is 122 Å². The van der Waals surface area contributed by atoms with E-state index >= 15 is 0 Å². The van der Waals surface area contributed by atoms with Gasteiger partial charge >= 0.3 is 0 Å². The van der Waals surface area contributed by atoms with E-state index in [9.17, 15) is 13.6 Å². The van der Waals surface area contributed by atoms with Crippen molar-refractivity contribution in [3.8, 4) is 0 Å². The summed E-state index contributed by atoms with van der Waals surface area (Å²) in [6, 6.07) is 2.85. The largest absolute Gasteiger partial charge is 0.378 e. The molecule has 1 aromatic carbocycles. The summed E-state index contributed by atoms with van der Waals surface area (Å²) in [5.41, 5.74) is 4.56. The van der Waals surface area contributed by atoms with Crippen LogP contribution >= 0.6 is 0 Å². The lowest BCUT2D eigenvalue weighted by Gasteiger charge is -2.57. The van der Waals surface area contributed by atoms with Crippen molar-refractivity contribution in [2.75, 3.05) is 11.9 Å². The molecule has 6 heteroatoms. The second-order valence-electron chi connectivity index (χ2n) is 5.95. The standard InChI is InChI=1S/C15H20F2N2O2/c1-4-21-12-8-15(18,14(12,2)3)13(20)19-11-6-9(16)5-10(17)7-11/h5-7,12H,4,8,18H2,1-3H3,(H,19,20). The van der Waals surface area contributed by atoms with Gasteiger partial charge in [-0.2, -0.15) is 0 Å². The third-order valence-corrected chi connectivity index (χ3v) is 4.36. The lowest BCUT2D eigenvalue weighted by atomic mass is 9.54. The summed E-state index contributed by atoms with van der Waals surface area (Å²) >= 11 is 0. The summed E-state index contributed by atoms with van der Waals surface area (Å²) in [5, 5.41) is 2.48. The first-order chi connectivity index (χ1) is 9.70. The van der Waals surface area contributed by atoms with E-state index in [1.54, 1.807) is 0 Å². The average molecular weight is 298 g/mol. The topological polar surface area (TPSA) is 64.3 Å². The molecule has 1 saturated carbocycles. The highest BCUT2D eigenvalue weighted by Gasteiger charge is 2.62. The number of anilines is 1. The Kier molecular flexibility index (Phi) is 4.04. The minimum Gasteiger partial charge on any atom is -0.378 e. The summed E-state index contributed by atoms with van der Waals surface area (Å²) in [7, 11) is 0. The first kappa shape index (κ1) is 15.9. The highest BCUT2D eigenvalue weighted by molar-refractivity contribution is 5.99. The van der Waals surface area contributed by atoms with Crippen molar-refractivity contribution in [3.63, 3.8) is 0 Å². The van der Waals surface area contributed by atoms with Gasteiger partial charge in [-0.15, -0.1) is 0 Å². The highest BCUT2D eigenvalue weighted by Crippen LogP contribution is 2.50. The summed E-state index contributed by atoms with van der Waals surface area (Å²) < 4.78 is 31.8.